The number of hydrogen-bond donors (Lipinski definition) is 0. The van der Waals surface area contributed by atoms with E-state index in [4.69, 9.17) is 5.26 Å². The molecule has 0 atom stereocenters. The summed E-state index contributed by atoms with van der Waals surface area (Å²) in [6.07, 6.45) is 4.76. The van der Waals surface area contributed by atoms with Crippen LogP contribution in [-0.4, -0.2) is 0 Å². The molecule has 1 aliphatic rings. The van der Waals surface area contributed by atoms with Crippen LogP contribution in [0.15, 0.2) is 36.4 Å². The summed E-state index contributed by atoms with van der Waals surface area (Å²) >= 11 is 0. The van der Waals surface area contributed by atoms with Gasteiger partial charge in [0.25, 0.3) is 0 Å². The molecule has 0 saturated carbocycles. The van der Waals surface area contributed by atoms with Crippen molar-refractivity contribution in [3.05, 3.63) is 69.8 Å². The van der Waals surface area contributed by atoms with E-state index in [1.54, 1.807) is 0 Å². The predicted octanol–water partition coefficient (Wildman–Crippen LogP) is 6.78. The van der Waals surface area contributed by atoms with Gasteiger partial charge in [0.1, 0.15) is 0 Å². The summed E-state index contributed by atoms with van der Waals surface area (Å²) in [6, 6.07) is 14.8. The second-order valence-corrected chi connectivity index (χ2v) is 9.04. The van der Waals surface area contributed by atoms with Crippen molar-refractivity contribution in [2.24, 2.45) is 0 Å². The third-order valence-electron chi connectivity index (χ3n) is 6.08. The Morgan fingerprint density at radius 3 is 2.04 bits per heavy atom. The minimum atomic E-state index is 0.226. The van der Waals surface area contributed by atoms with E-state index in [2.05, 4.69) is 65.8 Å². The molecule has 1 heteroatoms. The molecule has 3 rings (SSSR count). The lowest BCUT2D eigenvalue weighted by molar-refractivity contribution is 0.331. The first-order chi connectivity index (χ1) is 12.1. The van der Waals surface area contributed by atoms with Gasteiger partial charge < -0.3 is 0 Å². The van der Waals surface area contributed by atoms with Gasteiger partial charge in [-0.25, -0.2) is 0 Å². The summed E-state index contributed by atoms with van der Waals surface area (Å²) in [4.78, 5) is 0. The lowest BCUT2D eigenvalue weighted by atomic mass is 9.62. The first kappa shape index (κ1) is 18.5. The van der Waals surface area contributed by atoms with Gasteiger partial charge >= 0.3 is 0 Å². The second-order valence-electron chi connectivity index (χ2n) is 9.04. The van der Waals surface area contributed by atoms with Gasteiger partial charge in [0, 0.05) is 0 Å². The molecule has 0 saturated heterocycles. The highest BCUT2D eigenvalue weighted by Crippen LogP contribution is 2.46. The van der Waals surface area contributed by atoms with E-state index in [0.29, 0.717) is 5.56 Å². The molecular formula is C25H29N. The maximum atomic E-state index is 8.98. The van der Waals surface area contributed by atoms with Gasteiger partial charge in [0.2, 0.25) is 0 Å². The van der Waals surface area contributed by atoms with Crippen molar-refractivity contribution in [2.75, 3.05) is 0 Å². The normalized spacial score (nSPS) is 18.1. The Kier molecular flexibility index (Phi) is 4.57. The molecule has 26 heavy (non-hydrogen) atoms. The Hall–Kier alpha value is -2.33. The van der Waals surface area contributed by atoms with E-state index in [1.165, 1.54) is 46.2 Å². The van der Waals surface area contributed by atoms with E-state index in [1.807, 2.05) is 24.3 Å². The van der Waals surface area contributed by atoms with Gasteiger partial charge in [-0.1, -0.05) is 58.0 Å². The molecule has 0 N–H and O–H groups in total. The van der Waals surface area contributed by atoms with E-state index >= 15 is 0 Å². The third-order valence-corrected chi connectivity index (χ3v) is 6.08. The molecule has 0 spiro atoms. The van der Waals surface area contributed by atoms with Gasteiger partial charge in [0.15, 0.2) is 0 Å². The minimum absolute atomic E-state index is 0.226. The Balaban J connectivity index is 2.07. The number of hydrogen-bond acceptors (Lipinski definition) is 1. The van der Waals surface area contributed by atoms with Crippen molar-refractivity contribution in [2.45, 2.75) is 65.2 Å². The van der Waals surface area contributed by atoms with E-state index in [9.17, 15) is 0 Å². The highest BCUT2D eigenvalue weighted by Gasteiger charge is 2.37. The maximum absolute atomic E-state index is 8.98. The van der Waals surface area contributed by atoms with Crippen LogP contribution in [0.4, 0.5) is 0 Å². The van der Waals surface area contributed by atoms with Crippen LogP contribution in [0.3, 0.4) is 0 Å². The van der Waals surface area contributed by atoms with Crippen LogP contribution >= 0.6 is 0 Å². The smallest absolute Gasteiger partial charge is 0.0991 e. The van der Waals surface area contributed by atoms with E-state index in [-0.39, 0.29) is 10.8 Å². The fourth-order valence-electron chi connectivity index (χ4n) is 4.02. The standard InChI is InChI=1S/C25H29N/c1-17(20-9-7-19(16-26)8-10-20)13-21-15-23-22(14-18(21)2)24(3,4)11-12-25(23,5)6/h7-10,13-15H,11-12H2,1-6H3/b17-13+. The number of rotatable bonds is 2. The fraction of sp³-hybridized carbons (Fsp3) is 0.400. The zero-order valence-electron chi connectivity index (χ0n) is 16.9. The van der Waals surface area contributed by atoms with Crippen molar-refractivity contribution >= 4 is 11.6 Å². The minimum Gasteiger partial charge on any atom is -0.192 e. The molecule has 2 aromatic rings. The topological polar surface area (TPSA) is 23.8 Å². The number of fused-ring (bicyclic) bond motifs is 1. The van der Waals surface area contributed by atoms with Crippen LogP contribution in [0.1, 0.15) is 80.8 Å². The largest absolute Gasteiger partial charge is 0.192 e. The van der Waals surface area contributed by atoms with Crippen molar-refractivity contribution < 1.29 is 0 Å². The predicted molar refractivity (Wildman–Crippen MR) is 111 cm³/mol. The molecule has 0 fully saturated rings. The van der Waals surface area contributed by atoms with Crippen molar-refractivity contribution in [1.29, 1.82) is 5.26 Å². The molecule has 0 heterocycles. The highest BCUT2D eigenvalue weighted by molar-refractivity contribution is 5.81. The molecule has 134 valence electrons. The molecule has 0 unspecified atom stereocenters. The van der Waals surface area contributed by atoms with E-state index in [0.717, 1.165) is 0 Å². The summed E-state index contributed by atoms with van der Waals surface area (Å²) < 4.78 is 0. The molecule has 2 aromatic carbocycles. The summed E-state index contributed by atoms with van der Waals surface area (Å²) in [7, 11) is 0. The summed E-state index contributed by atoms with van der Waals surface area (Å²) in [5, 5.41) is 8.98. The molecule has 0 aromatic heterocycles. The lowest BCUT2D eigenvalue weighted by Crippen LogP contribution is -2.34. The number of benzene rings is 2. The van der Waals surface area contributed by atoms with Crippen LogP contribution in [0.25, 0.3) is 11.6 Å². The molecular weight excluding hydrogens is 314 g/mol. The van der Waals surface area contributed by atoms with Gasteiger partial charge in [-0.2, -0.15) is 5.26 Å². The monoisotopic (exact) mass is 343 g/mol. The van der Waals surface area contributed by atoms with Crippen LogP contribution < -0.4 is 0 Å². The zero-order chi connectivity index (χ0) is 19.1. The second kappa shape index (κ2) is 6.44. The average molecular weight is 344 g/mol. The van der Waals surface area contributed by atoms with Crippen molar-refractivity contribution in [1.82, 2.24) is 0 Å². The van der Waals surface area contributed by atoms with Gasteiger partial charge in [-0.15, -0.1) is 0 Å². The van der Waals surface area contributed by atoms with Crippen LogP contribution in [0, 0.1) is 18.3 Å². The van der Waals surface area contributed by atoms with Gasteiger partial charge in [-0.3, -0.25) is 0 Å². The van der Waals surface area contributed by atoms with Gasteiger partial charge in [0.05, 0.1) is 11.6 Å². The summed E-state index contributed by atoms with van der Waals surface area (Å²) in [5.41, 5.74) is 9.22. The lowest BCUT2D eigenvalue weighted by Gasteiger charge is -2.42. The quantitative estimate of drug-likeness (QED) is 0.552. The van der Waals surface area contributed by atoms with Crippen LogP contribution in [-0.2, 0) is 10.8 Å². The number of allylic oxidation sites excluding steroid dienone is 1. The number of aryl methyl sites for hydroxylation is 1. The average Bonchev–Trinajstić information content (AvgIpc) is 2.60. The van der Waals surface area contributed by atoms with Crippen molar-refractivity contribution in [3.63, 3.8) is 0 Å². The molecule has 0 amide bonds. The molecule has 1 nitrogen and oxygen atoms in total. The fourth-order valence-corrected chi connectivity index (χ4v) is 4.02. The summed E-state index contributed by atoms with van der Waals surface area (Å²) in [6.45, 7) is 13.9. The van der Waals surface area contributed by atoms with Crippen LogP contribution in [0.5, 0.6) is 0 Å². The Bertz CT molecular complexity index is 902. The first-order valence-corrected chi connectivity index (χ1v) is 9.48. The highest BCUT2D eigenvalue weighted by atomic mass is 14.4. The maximum Gasteiger partial charge on any atom is 0.0991 e. The Labute approximate surface area is 158 Å². The Morgan fingerprint density at radius 1 is 0.962 bits per heavy atom. The SMILES string of the molecule is C/C(=C\c1cc2c(cc1C)C(C)(C)CCC2(C)C)c1ccc(C#N)cc1. The van der Waals surface area contributed by atoms with Crippen molar-refractivity contribution in [3.8, 4) is 6.07 Å². The van der Waals surface area contributed by atoms with Gasteiger partial charge in [-0.05, 0) is 83.0 Å². The number of nitriles is 1. The Morgan fingerprint density at radius 2 is 1.50 bits per heavy atom. The third kappa shape index (κ3) is 3.34. The van der Waals surface area contributed by atoms with E-state index < -0.39 is 0 Å². The molecule has 0 bridgehead atoms. The number of nitrogens with zero attached hydrogens (tertiary/aromatic N) is 1. The molecule has 0 aliphatic heterocycles. The zero-order valence-corrected chi connectivity index (χ0v) is 16.9. The first-order valence-electron chi connectivity index (χ1n) is 9.48. The summed E-state index contributed by atoms with van der Waals surface area (Å²) in [5.74, 6) is 0. The molecule has 1 aliphatic carbocycles. The molecule has 0 radical (unpaired) electrons. The van der Waals surface area contributed by atoms with Crippen LogP contribution in [0.2, 0.25) is 0 Å².